The maximum atomic E-state index is 12.4. The smallest absolute Gasteiger partial charge is 0.233 e. The summed E-state index contributed by atoms with van der Waals surface area (Å²) in [5.74, 6) is -0.0788. The summed E-state index contributed by atoms with van der Waals surface area (Å²) in [7, 11) is 0. The van der Waals surface area contributed by atoms with E-state index in [-0.39, 0.29) is 11.6 Å². The molecule has 0 aliphatic heterocycles. The number of furan rings is 1. The van der Waals surface area contributed by atoms with E-state index in [9.17, 15) is 4.79 Å². The fraction of sp³-hybridized carbons (Fsp3) is 0.0714. The van der Waals surface area contributed by atoms with Crippen molar-refractivity contribution in [3.8, 4) is 0 Å². The molecule has 3 rings (SSSR count). The van der Waals surface area contributed by atoms with Gasteiger partial charge in [0.25, 0.3) is 0 Å². The third-order valence-electron chi connectivity index (χ3n) is 3.00. The van der Waals surface area contributed by atoms with Crippen molar-refractivity contribution in [3.05, 3.63) is 64.8 Å². The monoisotopic (exact) mass is 319 g/mol. The molecule has 2 aromatic heterocycles. The van der Waals surface area contributed by atoms with E-state index < -0.39 is 0 Å². The summed E-state index contributed by atoms with van der Waals surface area (Å²) >= 11 is 10.4. The van der Waals surface area contributed by atoms with Crippen LogP contribution in [0.15, 0.2) is 52.4 Å². The summed E-state index contributed by atoms with van der Waals surface area (Å²) < 4.78 is 6.53. The Kier molecular flexibility index (Phi) is 3.81. The average Bonchev–Trinajstić information content (AvgIpc) is 3.12. The second-order valence-electron chi connectivity index (χ2n) is 4.34. The van der Waals surface area contributed by atoms with Gasteiger partial charge in [-0.2, -0.15) is 0 Å². The normalized spacial score (nSPS) is 10.8. The molecular weight excluding hydrogens is 310 g/mol. The number of rotatable bonds is 4. The lowest BCUT2D eigenvalue weighted by Gasteiger charge is -2.08. The molecule has 1 aromatic carbocycles. The second kappa shape index (κ2) is 5.75. The van der Waals surface area contributed by atoms with Crippen molar-refractivity contribution >= 4 is 30.0 Å². The topological polar surface area (TPSA) is 60.9 Å². The van der Waals surface area contributed by atoms with Crippen molar-refractivity contribution in [1.82, 2.24) is 14.8 Å². The first kappa shape index (κ1) is 13.9. The van der Waals surface area contributed by atoms with Crippen LogP contribution in [-0.4, -0.2) is 20.5 Å². The summed E-state index contributed by atoms with van der Waals surface area (Å²) in [5.41, 5.74) is 1.27. The highest BCUT2D eigenvalue weighted by Crippen LogP contribution is 2.20. The zero-order valence-corrected chi connectivity index (χ0v) is 12.4. The first-order valence-electron chi connectivity index (χ1n) is 6.09. The minimum Gasteiger partial charge on any atom is -0.472 e. The summed E-state index contributed by atoms with van der Waals surface area (Å²) in [6, 6.07) is 8.96. The van der Waals surface area contributed by atoms with Gasteiger partial charge in [0.15, 0.2) is 5.16 Å². The molecule has 2 heterocycles. The maximum absolute atomic E-state index is 12.4. The van der Waals surface area contributed by atoms with Gasteiger partial charge in [-0.15, -0.1) is 22.8 Å². The number of aromatic nitrogens is 3. The third kappa shape index (κ3) is 2.72. The number of thiol groups is 1. The van der Waals surface area contributed by atoms with Gasteiger partial charge < -0.3 is 4.42 Å². The Morgan fingerprint density at radius 2 is 2.10 bits per heavy atom. The van der Waals surface area contributed by atoms with Crippen molar-refractivity contribution in [3.63, 3.8) is 0 Å². The molecule has 0 spiro atoms. The zero-order valence-electron chi connectivity index (χ0n) is 10.7. The summed E-state index contributed by atoms with van der Waals surface area (Å²) in [4.78, 5) is 12.4. The quantitative estimate of drug-likeness (QED) is 0.593. The lowest BCUT2D eigenvalue weighted by atomic mass is 10.2. The minimum atomic E-state index is -0.274. The van der Waals surface area contributed by atoms with E-state index in [2.05, 4.69) is 22.8 Å². The molecule has 3 aromatic rings. The van der Waals surface area contributed by atoms with Crippen molar-refractivity contribution in [2.75, 3.05) is 0 Å². The summed E-state index contributed by atoms with van der Waals surface area (Å²) in [5, 5.41) is 8.72. The third-order valence-corrected chi connectivity index (χ3v) is 3.70. The van der Waals surface area contributed by atoms with Crippen molar-refractivity contribution in [2.45, 2.75) is 11.7 Å². The Hall–Kier alpha value is -2.05. The summed E-state index contributed by atoms with van der Waals surface area (Å²) in [6.45, 7) is 0.366. The van der Waals surface area contributed by atoms with E-state index in [1.807, 2.05) is 18.2 Å². The molecule has 0 aliphatic carbocycles. The lowest BCUT2D eigenvalue weighted by molar-refractivity contribution is 0.102. The number of carbonyl (C=O) groups is 1. The van der Waals surface area contributed by atoms with Crippen molar-refractivity contribution < 1.29 is 9.21 Å². The fourth-order valence-electron chi connectivity index (χ4n) is 1.93. The van der Waals surface area contributed by atoms with Gasteiger partial charge in [0, 0.05) is 5.02 Å². The van der Waals surface area contributed by atoms with Gasteiger partial charge in [0.2, 0.25) is 11.6 Å². The minimum absolute atomic E-state index is 0.196. The molecule has 7 heteroatoms. The van der Waals surface area contributed by atoms with E-state index >= 15 is 0 Å². The molecule has 0 unspecified atom stereocenters. The Morgan fingerprint density at radius 1 is 1.29 bits per heavy atom. The van der Waals surface area contributed by atoms with Crippen LogP contribution in [0.3, 0.4) is 0 Å². The van der Waals surface area contributed by atoms with Crippen LogP contribution >= 0.6 is 24.2 Å². The van der Waals surface area contributed by atoms with Gasteiger partial charge >= 0.3 is 0 Å². The highest BCUT2D eigenvalue weighted by molar-refractivity contribution is 7.80. The summed E-state index contributed by atoms with van der Waals surface area (Å²) in [6.07, 6.45) is 2.80. The van der Waals surface area contributed by atoms with Gasteiger partial charge in [-0.1, -0.05) is 29.8 Å². The predicted molar refractivity (Wildman–Crippen MR) is 80.0 cm³/mol. The standard InChI is InChI=1S/C14H10ClN3O2S/c15-11-4-2-1-3-9(11)7-18-13(16-17-14(18)21)12(19)10-5-6-20-8-10/h1-6,8H,7H2,(H,17,21). The Labute approximate surface area is 131 Å². The molecule has 0 atom stereocenters. The molecule has 5 nitrogen and oxygen atoms in total. The number of nitrogens with zero attached hydrogens (tertiary/aromatic N) is 3. The Balaban J connectivity index is 1.98. The zero-order chi connectivity index (χ0) is 14.8. The molecule has 0 amide bonds. The molecular formula is C14H10ClN3O2S. The van der Waals surface area contributed by atoms with Crippen LogP contribution in [0.1, 0.15) is 21.7 Å². The molecule has 0 aliphatic rings. The van der Waals surface area contributed by atoms with Crippen molar-refractivity contribution in [2.24, 2.45) is 0 Å². The average molecular weight is 320 g/mol. The van der Waals surface area contributed by atoms with Crippen LogP contribution < -0.4 is 0 Å². The number of hydrogen-bond donors (Lipinski definition) is 1. The molecule has 0 bridgehead atoms. The highest BCUT2D eigenvalue weighted by Gasteiger charge is 2.20. The molecule has 106 valence electrons. The van der Waals surface area contributed by atoms with Gasteiger partial charge in [0.1, 0.15) is 6.26 Å². The van der Waals surface area contributed by atoms with E-state index in [0.717, 1.165) is 5.56 Å². The van der Waals surface area contributed by atoms with Crippen LogP contribution in [0.25, 0.3) is 0 Å². The van der Waals surface area contributed by atoms with Gasteiger partial charge in [-0.3, -0.25) is 9.36 Å². The number of halogens is 1. The molecule has 0 radical (unpaired) electrons. The first-order chi connectivity index (χ1) is 10.2. The molecule has 0 saturated heterocycles. The largest absolute Gasteiger partial charge is 0.472 e. The van der Waals surface area contributed by atoms with Crippen molar-refractivity contribution in [1.29, 1.82) is 0 Å². The fourth-order valence-corrected chi connectivity index (χ4v) is 2.33. The van der Waals surface area contributed by atoms with E-state index in [1.165, 1.54) is 12.5 Å². The number of benzene rings is 1. The van der Waals surface area contributed by atoms with Crippen LogP contribution in [0.2, 0.25) is 5.02 Å². The van der Waals surface area contributed by atoms with E-state index in [4.69, 9.17) is 16.0 Å². The predicted octanol–water partition coefficient (Wildman–Crippen LogP) is 3.09. The molecule has 21 heavy (non-hydrogen) atoms. The second-order valence-corrected chi connectivity index (χ2v) is 5.15. The molecule has 0 saturated carbocycles. The Morgan fingerprint density at radius 3 is 2.81 bits per heavy atom. The first-order valence-corrected chi connectivity index (χ1v) is 6.92. The lowest BCUT2D eigenvalue weighted by Crippen LogP contribution is -2.12. The Bertz CT molecular complexity index is 783. The maximum Gasteiger partial charge on any atom is 0.233 e. The molecule has 0 N–H and O–H groups in total. The van der Waals surface area contributed by atoms with Gasteiger partial charge in [0.05, 0.1) is 18.4 Å². The van der Waals surface area contributed by atoms with Crippen LogP contribution in [0.5, 0.6) is 0 Å². The van der Waals surface area contributed by atoms with Crippen LogP contribution in [-0.2, 0) is 6.54 Å². The van der Waals surface area contributed by atoms with E-state index in [1.54, 1.807) is 16.7 Å². The SMILES string of the molecule is O=C(c1ccoc1)c1nnc(S)n1Cc1ccccc1Cl. The molecule has 0 fully saturated rings. The number of ketones is 1. The van der Waals surface area contributed by atoms with Crippen LogP contribution in [0, 0.1) is 0 Å². The number of carbonyl (C=O) groups excluding carboxylic acids is 1. The highest BCUT2D eigenvalue weighted by atomic mass is 35.5. The van der Waals surface area contributed by atoms with Gasteiger partial charge in [-0.05, 0) is 17.7 Å². The van der Waals surface area contributed by atoms with Gasteiger partial charge in [-0.25, -0.2) is 0 Å². The van der Waals surface area contributed by atoms with E-state index in [0.29, 0.717) is 22.3 Å². The van der Waals surface area contributed by atoms with Crippen LogP contribution in [0.4, 0.5) is 0 Å². The number of hydrogen-bond acceptors (Lipinski definition) is 5.